The van der Waals surface area contributed by atoms with Crippen LogP contribution in [0.5, 0.6) is 0 Å². The molecular formula is C19H21N3O4S. The summed E-state index contributed by atoms with van der Waals surface area (Å²) in [7, 11) is 2.91. The second-order valence-electron chi connectivity index (χ2n) is 6.14. The van der Waals surface area contributed by atoms with E-state index in [1.165, 1.54) is 18.4 Å². The third-order valence-electron chi connectivity index (χ3n) is 4.40. The summed E-state index contributed by atoms with van der Waals surface area (Å²) in [4.78, 5) is 39.1. The second-order valence-corrected chi connectivity index (χ2v) is 7.24. The molecule has 7 nitrogen and oxygen atoms in total. The molecule has 0 fully saturated rings. The van der Waals surface area contributed by atoms with Gasteiger partial charge in [0.2, 0.25) is 5.91 Å². The van der Waals surface area contributed by atoms with Crippen molar-refractivity contribution in [1.29, 1.82) is 0 Å². The number of hydrogen-bond acceptors (Lipinski definition) is 5. The Morgan fingerprint density at radius 2 is 1.96 bits per heavy atom. The summed E-state index contributed by atoms with van der Waals surface area (Å²) >= 11 is 1.33. The summed E-state index contributed by atoms with van der Waals surface area (Å²) in [6, 6.07) is 9.42. The maximum absolute atomic E-state index is 12.5. The van der Waals surface area contributed by atoms with Crippen LogP contribution in [-0.4, -0.2) is 43.5 Å². The first kappa shape index (κ1) is 18.9. The van der Waals surface area contributed by atoms with E-state index in [4.69, 9.17) is 4.74 Å². The molecule has 142 valence electrons. The number of benzene rings is 1. The quantitative estimate of drug-likeness (QED) is 0.843. The highest BCUT2D eigenvalue weighted by Gasteiger charge is 2.30. The molecule has 1 aliphatic rings. The number of hydrogen-bond donors (Lipinski definition) is 2. The molecule has 0 aliphatic carbocycles. The van der Waals surface area contributed by atoms with Crippen LogP contribution in [0.25, 0.3) is 0 Å². The van der Waals surface area contributed by atoms with Crippen molar-refractivity contribution in [3.8, 4) is 0 Å². The third-order valence-corrected chi connectivity index (χ3v) is 5.54. The summed E-state index contributed by atoms with van der Waals surface area (Å²) in [6.45, 7) is 0.836. The Balaban J connectivity index is 1.84. The van der Waals surface area contributed by atoms with Crippen molar-refractivity contribution in [2.45, 2.75) is 19.4 Å². The predicted octanol–water partition coefficient (Wildman–Crippen LogP) is 2.41. The predicted molar refractivity (Wildman–Crippen MR) is 103 cm³/mol. The Kier molecular flexibility index (Phi) is 5.75. The molecule has 0 atom stereocenters. The number of rotatable bonds is 4. The number of anilines is 1. The number of nitrogens with zero attached hydrogens (tertiary/aromatic N) is 1. The zero-order valence-corrected chi connectivity index (χ0v) is 16.0. The molecule has 0 unspecified atom stereocenters. The lowest BCUT2D eigenvalue weighted by atomic mass is 10.0. The zero-order chi connectivity index (χ0) is 19.4. The van der Waals surface area contributed by atoms with Gasteiger partial charge in [-0.2, -0.15) is 0 Å². The van der Waals surface area contributed by atoms with Crippen LogP contribution < -0.4 is 10.6 Å². The van der Waals surface area contributed by atoms with E-state index in [9.17, 15) is 14.4 Å². The highest BCUT2D eigenvalue weighted by atomic mass is 32.1. The first-order valence-corrected chi connectivity index (χ1v) is 9.38. The van der Waals surface area contributed by atoms with Gasteiger partial charge >= 0.3 is 6.09 Å². The van der Waals surface area contributed by atoms with Crippen molar-refractivity contribution in [3.05, 3.63) is 51.9 Å². The molecule has 1 aliphatic heterocycles. The SMILES string of the molecule is CNC(=O)c1c(NC(=O)Cc2ccccc2)sc2c1CCN(C(=O)OC)C2. The van der Waals surface area contributed by atoms with Crippen LogP contribution in [0.4, 0.5) is 9.80 Å². The fourth-order valence-corrected chi connectivity index (χ4v) is 4.37. The van der Waals surface area contributed by atoms with Gasteiger partial charge in [-0.1, -0.05) is 30.3 Å². The number of ether oxygens (including phenoxy) is 1. The van der Waals surface area contributed by atoms with E-state index in [1.807, 2.05) is 30.3 Å². The fraction of sp³-hybridized carbons (Fsp3) is 0.316. The van der Waals surface area contributed by atoms with Gasteiger partial charge in [-0.3, -0.25) is 9.59 Å². The first-order valence-electron chi connectivity index (χ1n) is 8.56. The average molecular weight is 387 g/mol. The molecule has 0 saturated carbocycles. The van der Waals surface area contributed by atoms with E-state index in [0.717, 1.165) is 16.0 Å². The van der Waals surface area contributed by atoms with E-state index < -0.39 is 6.09 Å². The molecule has 0 spiro atoms. The number of fused-ring (bicyclic) bond motifs is 1. The summed E-state index contributed by atoms with van der Waals surface area (Å²) in [6.07, 6.45) is 0.369. The number of nitrogens with one attached hydrogen (secondary N) is 2. The fourth-order valence-electron chi connectivity index (χ4n) is 3.09. The van der Waals surface area contributed by atoms with Gasteiger partial charge < -0.3 is 20.3 Å². The minimum absolute atomic E-state index is 0.185. The van der Waals surface area contributed by atoms with Crippen LogP contribution in [0.2, 0.25) is 0 Å². The van der Waals surface area contributed by atoms with Crippen molar-refractivity contribution >= 4 is 34.2 Å². The lowest BCUT2D eigenvalue weighted by molar-refractivity contribution is -0.115. The molecular weight excluding hydrogens is 366 g/mol. The van der Waals surface area contributed by atoms with E-state index in [2.05, 4.69) is 10.6 Å². The molecule has 3 amide bonds. The third kappa shape index (κ3) is 4.11. The van der Waals surface area contributed by atoms with Gasteiger partial charge in [0.05, 0.1) is 25.6 Å². The van der Waals surface area contributed by atoms with E-state index in [0.29, 0.717) is 30.1 Å². The lowest BCUT2D eigenvalue weighted by Crippen LogP contribution is -2.35. The Labute approximate surface area is 161 Å². The van der Waals surface area contributed by atoms with Gasteiger partial charge in [0.15, 0.2) is 0 Å². The lowest BCUT2D eigenvalue weighted by Gasteiger charge is -2.25. The molecule has 3 rings (SSSR count). The highest BCUT2D eigenvalue weighted by molar-refractivity contribution is 7.17. The molecule has 2 aromatic rings. The van der Waals surface area contributed by atoms with Crippen molar-refractivity contribution in [2.24, 2.45) is 0 Å². The van der Waals surface area contributed by atoms with Gasteiger partial charge in [0, 0.05) is 18.5 Å². The van der Waals surface area contributed by atoms with Crippen LogP contribution >= 0.6 is 11.3 Å². The molecule has 2 heterocycles. The van der Waals surface area contributed by atoms with E-state index in [-0.39, 0.29) is 18.2 Å². The summed E-state index contributed by atoms with van der Waals surface area (Å²) in [5.41, 5.74) is 2.27. The summed E-state index contributed by atoms with van der Waals surface area (Å²) in [5, 5.41) is 6.03. The number of carbonyl (C=O) groups is 3. The molecule has 0 saturated heterocycles. The summed E-state index contributed by atoms with van der Waals surface area (Å²) in [5.74, 6) is -0.427. The standard InChI is InChI=1S/C19H21N3O4S/c1-20-17(24)16-13-8-9-22(19(25)26-2)11-14(13)27-18(16)21-15(23)10-12-6-4-3-5-7-12/h3-7H,8-11H2,1-2H3,(H,20,24)(H,21,23). The van der Waals surface area contributed by atoms with Crippen LogP contribution in [0.15, 0.2) is 30.3 Å². The van der Waals surface area contributed by atoms with E-state index in [1.54, 1.807) is 11.9 Å². The topological polar surface area (TPSA) is 87.7 Å². The number of methoxy groups -OCH3 is 1. The Bertz CT molecular complexity index is 863. The molecule has 8 heteroatoms. The maximum atomic E-state index is 12.5. The second kappa shape index (κ2) is 8.22. The minimum Gasteiger partial charge on any atom is -0.453 e. The number of amides is 3. The van der Waals surface area contributed by atoms with Crippen LogP contribution in [0.1, 0.15) is 26.4 Å². The van der Waals surface area contributed by atoms with Crippen LogP contribution in [-0.2, 0) is 28.9 Å². The van der Waals surface area contributed by atoms with Gasteiger partial charge in [-0.15, -0.1) is 11.3 Å². The van der Waals surface area contributed by atoms with Crippen molar-refractivity contribution in [1.82, 2.24) is 10.2 Å². The average Bonchev–Trinajstić information content (AvgIpc) is 3.04. The number of thiophene rings is 1. The van der Waals surface area contributed by atoms with Crippen LogP contribution in [0.3, 0.4) is 0 Å². The van der Waals surface area contributed by atoms with Crippen molar-refractivity contribution in [3.63, 3.8) is 0 Å². The molecule has 0 radical (unpaired) electrons. The van der Waals surface area contributed by atoms with Gasteiger partial charge in [0.25, 0.3) is 5.91 Å². The van der Waals surface area contributed by atoms with Gasteiger partial charge in [0.1, 0.15) is 5.00 Å². The summed E-state index contributed by atoms with van der Waals surface area (Å²) < 4.78 is 4.78. The smallest absolute Gasteiger partial charge is 0.409 e. The maximum Gasteiger partial charge on any atom is 0.409 e. The Morgan fingerprint density at radius 1 is 1.22 bits per heavy atom. The normalized spacial score (nSPS) is 12.9. The molecule has 2 N–H and O–H groups in total. The first-order chi connectivity index (χ1) is 13.0. The van der Waals surface area contributed by atoms with Crippen molar-refractivity contribution in [2.75, 3.05) is 26.0 Å². The van der Waals surface area contributed by atoms with Crippen LogP contribution in [0, 0.1) is 0 Å². The Morgan fingerprint density at radius 3 is 2.63 bits per heavy atom. The Hall–Kier alpha value is -2.87. The minimum atomic E-state index is -0.398. The highest BCUT2D eigenvalue weighted by Crippen LogP contribution is 2.37. The molecule has 27 heavy (non-hydrogen) atoms. The van der Waals surface area contributed by atoms with Gasteiger partial charge in [-0.05, 0) is 17.5 Å². The molecule has 1 aromatic heterocycles. The van der Waals surface area contributed by atoms with Crippen molar-refractivity contribution < 1.29 is 19.1 Å². The molecule has 1 aromatic carbocycles. The van der Waals surface area contributed by atoms with Gasteiger partial charge in [-0.25, -0.2) is 4.79 Å². The largest absolute Gasteiger partial charge is 0.453 e. The molecule has 0 bridgehead atoms. The zero-order valence-electron chi connectivity index (χ0n) is 15.2. The van der Waals surface area contributed by atoms with E-state index >= 15 is 0 Å². The monoisotopic (exact) mass is 387 g/mol. The number of carbonyl (C=O) groups excluding carboxylic acids is 3.